The van der Waals surface area contributed by atoms with Crippen molar-refractivity contribution in [3.05, 3.63) is 72.1 Å². The average Bonchev–Trinajstić information content (AvgIpc) is 4.36. The maximum atomic E-state index is 15.0. The first-order valence-corrected chi connectivity index (χ1v) is 31.8. The number of fused-ring (bicyclic) bond motifs is 2. The van der Waals surface area contributed by atoms with Gasteiger partial charge in [-0.2, -0.15) is 0 Å². The van der Waals surface area contributed by atoms with E-state index in [0.29, 0.717) is 69.2 Å². The van der Waals surface area contributed by atoms with Gasteiger partial charge in [0.05, 0.1) is 0 Å². The van der Waals surface area contributed by atoms with Crippen molar-refractivity contribution in [2.45, 2.75) is 230 Å². The van der Waals surface area contributed by atoms with E-state index in [1.54, 1.807) is 12.4 Å². The molecule has 472 valence electrons. The van der Waals surface area contributed by atoms with Crippen LogP contribution in [0.25, 0.3) is 21.8 Å². The molecule has 0 saturated heterocycles. The maximum absolute atomic E-state index is 15.0. The van der Waals surface area contributed by atoms with Crippen LogP contribution in [0, 0.1) is 5.92 Å². The molecule has 0 aliphatic carbocycles. The van der Waals surface area contributed by atoms with Crippen LogP contribution in [-0.2, 0) is 46.4 Å². The SMILES string of the molecule is CCCCCCCCCCCCCCCCCC(=O)N[C@@H](CCCN=C(N)N)C(=O)N[C@H](C(=O)N[C@@H](CCCCN)C(=O)N[C@@H](Cc1c[nH]c2ccccc12)C(=O)N[C@@H](Cc1c[nH]c2ccccc12)C(=O)N[C@@H](CCCCN)C(N)=O)[C@@H](C)CC. The Morgan fingerprint density at radius 3 is 1.35 bits per heavy atom. The highest BCUT2D eigenvalue weighted by molar-refractivity contribution is 5.98. The lowest BCUT2D eigenvalue weighted by Crippen LogP contribution is -2.61. The summed E-state index contributed by atoms with van der Waals surface area (Å²) in [5.41, 5.74) is 31.6. The van der Waals surface area contributed by atoms with Crippen LogP contribution in [0.1, 0.15) is 192 Å². The van der Waals surface area contributed by atoms with E-state index in [1.807, 2.05) is 62.4 Å². The summed E-state index contributed by atoms with van der Waals surface area (Å²) in [6.07, 6.45) is 25.2. The Morgan fingerprint density at radius 1 is 0.471 bits per heavy atom. The molecule has 2 heterocycles. The summed E-state index contributed by atoms with van der Waals surface area (Å²) < 4.78 is 0. The Bertz CT molecular complexity index is 2670. The second-order valence-corrected chi connectivity index (χ2v) is 23.0. The molecule has 0 bridgehead atoms. The molecule has 4 rings (SSSR count). The van der Waals surface area contributed by atoms with Crippen molar-refractivity contribution in [3.8, 4) is 0 Å². The molecule has 0 fully saturated rings. The number of hydrogen-bond acceptors (Lipinski definition) is 10. The summed E-state index contributed by atoms with van der Waals surface area (Å²) in [5.74, 6) is -4.80. The zero-order valence-electron chi connectivity index (χ0n) is 51.2. The molecule has 21 nitrogen and oxygen atoms in total. The Morgan fingerprint density at radius 2 is 0.882 bits per heavy atom. The normalized spacial score (nSPS) is 13.8. The van der Waals surface area contributed by atoms with Gasteiger partial charge in [0.15, 0.2) is 5.96 Å². The molecular weight excluding hydrogens is 1080 g/mol. The molecule has 85 heavy (non-hydrogen) atoms. The number of carbonyl (C=O) groups excluding carboxylic acids is 7. The molecule has 2 aromatic heterocycles. The number of amides is 7. The number of benzene rings is 2. The Labute approximate surface area is 504 Å². The van der Waals surface area contributed by atoms with Crippen LogP contribution in [0.2, 0.25) is 0 Å². The highest BCUT2D eigenvalue weighted by atomic mass is 16.2. The van der Waals surface area contributed by atoms with E-state index < -0.39 is 77.6 Å². The lowest BCUT2D eigenvalue weighted by atomic mass is 9.96. The second kappa shape index (κ2) is 40.3. The molecule has 4 aromatic rings. The number of H-pyrrole nitrogens is 2. The molecule has 0 aliphatic rings. The van der Waals surface area contributed by atoms with Gasteiger partial charge < -0.3 is 70.5 Å². The summed E-state index contributed by atoms with van der Waals surface area (Å²) in [4.78, 5) is 110. The van der Waals surface area contributed by atoms with Crippen LogP contribution >= 0.6 is 0 Å². The molecule has 21 heteroatoms. The summed E-state index contributed by atoms with van der Waals surface area (Å²) in [6.45, 7) is 6.86. The van der Waals surface area contributed by atoms with Crippen LogP contribution in [-0.4, -0.2) is 113 Å². The van der Waals surface area contributed by atoms with Gasteiger partial charge >= 0.3 is 0 Å². The zero-order chi connectivity index (χ0) is 61.8. The minimum Gasteiger partial charge on any atom is -0.370 e. The fraction of sp³-hybridized carbons (Fsp3) is 0.625. The molecule has 0 saturated carbocycles. The third-order valence-corrected chi connectivity index (χ3v) is 16.0. The van der Waals surface area contributed by atoms with Gasteiger partial charge in [0.1, 0.15) is 36.3 Å². The van der Waals surface area contributed by atoms with Gasteiger partial charge in [-0.3, -0.25) is 38.6 Å². The van der Waals surface area contributed by atoms with Crippen LogP contribution < -0.4 is 60.6 Å². The summed E-state index contributed by atoms with van der Waals surface area (Å²) >= 11 is 0. The molecular formula is C64H104N14O7. The van der Waals surface area contributed by atoms with Gasteiger partial charge in [-0.05, 0) is 100 Å². The number of aromatic nitrogens is 2. The molecule has 0 radical (unpaired) electrons. The second-order valence-electron chi connectivity index (χ2n) is 23.0. The van der Waals surface area contributed by atoms with Crippen molar-refractivity contribution in [2.24, 2.45) is 39.6 Å². The number of carbonyl (C=O) groups is 7. The van der Waals surface area contributed by atoms with Gasteiger partial charge in [0.2, 0.25) is 41.4 Å². The Balaban J connectivity index is 1.52. The van der Waals surface area contributed by atoms with Gasteiger partial charge in [-0.25, -0.2) is 0 Å². The minimum atomic E-state index is -1.31. The van der Waals surface area contributed by atoms with E-state index in [2.05, 4.69) is 53.8 Å². The highest BCUT2D eigenvalue weighted by Crippen LogP contribution is 2.23. The van der Waals surface area contributed by atoms with Crippen molar-refractivity contribution in [3.63, 3.8) is 0 Å². The number of nitrogens with two attached hydrogens (primary N) is 5. The number of aromatic amines is 2. The van der Waals surface area contributed by atoms with Crippen molar-refractivity contribution >= 4 is 69.1 Å². The van der Waals surface area contributed by atoms with Crippen LogP contribution in [0.5, 0.6) is 0 Å². The lowest BCUT2D eigenvalue weighted by Gasteiger charge is -2.29. The van der Waals surface area contributed by atoms with E-state index in [-0.39, 0.29) is 56.9 Å². The summed E-state index contributed by atoms with van der Waals surface area (Å²) in [5, 5.41) is 19.0. The summed E-state index contributed by atoms with van der Waals surface area (Å²) in [7, 11) is 0. The highest BCUT2D eigenvalue weighted by Gasteiger charge is 2.35. The van der Waals surface area contributed by atoms with Crippen LogP contribution in [0.3, 0.4) is 0 Å². The quantitative estimate of drug-likeness (QED) is 0.0130. The number of rotatable bonds is 46. The first kappa shape index (κ1) is 70.5. The van der Waals surface area contributed by atoms with Crippen molar-refractivity contribution in [1.29, 1.82) is 0 Å². The first-order chi connectivity index (χ1) is 41.1. The van der Waals surface area contributed by atoms with Gasteiger partial charge in [-0.1, -0.05) is 153 Å². The largest absolute Gasteiger partial charge is 0.370 e. The zero-order valence-corrected chi connectivity index (χ0v) is 51.2. The molecule has 2 aromatic carbocycles. The summed E-state index contributed by atoms with van der Waals surface area (Å²) in [6, 6.07) is 8.07. The number of primary amides is 1. The molecule has 7 atom stereocenters. The molecule has 18 N–H and O–H groups in total. The number of nitrogens with zero attached hydrogens (tertiary/aromatic N) is 1. The van der Waals surface area contributed by atoms with Crippen LogP contribution in [0.15, 0.2) is 65.9 Å². The standard InChI is InChI=1S/C64H104N14O7/c1-4-6-7-8-9-10-11-12-13-14-15-16-17-18-19-36-56(79)73-52(35-28-39-70-64(68)69)60(82)78-57(44(3)5-2)63(85)75-53(34-25-27-38-66)59(81)76-55(41-46-43-72-50-32-23-21-30-48(46)50)62(84)77-54(40-45-42-71-49-31-22-20-29-47(45)49)61(83)74-51(58(67)80)33-24-26-37-65/h20-23,29-32,42-44,51-55,57,71-72H,4-19,24-28,33-41,65-66H2,1-3H3,(H2,67,80)(H,73,79)(H,74,83)(H,75,85)(H,76,81)(H,77,84)(H,78,82)(H4,68,69,70)/t44-,51-,52-,53-,54-,55-,57-/m0/s1. The van der Waals surface area contributed by atoms with Gasteiger partial charge in [-0.15, -0.1) is 0 Å². The third kappa shape index (κ3) is 26.0. The fourth-order valence-corrected chi connectivity index (χ4v) is 10.7. The average molecular weight is 1180 g/mol. The molecule has 7 amide bonds. The topological polar surface area (TPSA) is 366 Å². The number of hydrogen-bond donors (Lipinski definition) is 13. The van der Waals surface area contributed by atoms with Crippen LogP contribution in [0.4, 0.5) is 0 Å². The van der Waals surface area contributed by atoms with Crippen molar-refractivity contribution in [1.82, 2.24) is 41.9 Å². The predicted molar refractivity (Wildman–Crippen MR) is 340 cm³/mol. The monoisotopic (exact) mass is 1180 g/mol. The minimum absolute atomic E-state index is 0.00442. The van der Waals surface area contributed by atoms with E-state index in [1.165, 1.54) is 70.6 Å². The smallest absolute Gasteiger partial charge is 0.243 e. The number of aliphatic imine (C=N–C) groups is 1. The van der Waals surface area contributed by atoms with Crippen molar-refractivity contribution in [2.75, 3.05) is 19.6 Å². The maximum Gasteiger partial charge on any atom is 0.243 e. The number of guanidine groups is 1. The predicted octanol–water partition coefficient (Wildman–Crippen LogP) is 6.45. The first-order valence-electron chi connectivity index (χ1n) is 31.8. The Hall–Kier alpha value is -7.00. The van der Waals surface area contributed by atoms with E-state index in [0.717, 1.165) is 41.1 Å². The van der Waals surface area contributed by atoms with E-state index in [4.69, 9.17) is 28.7 Å². The number of unbranched alkanes of at least 4 members (excludes halogenated alkanes) is 16. The molecule has 0 unspecified atom stereocenters. The van der Waals surface area contributed by atoms with E-state index >= 15 is 0 Å². The number of para-hydroxylation sites is 2. The molecule has 0 spiro atoms. The lowest BCUT2D eigenvalue weighted by molar-refractivity contribution is -0.136. The van der Waals surface area contributed by atoms with E-state index in [9.17, 15) is 33.6 Å². The van der Waals surface area contributed by atoms with Crippen molar-refractivity contribution < 1.29 is 33.6 Å². The number of nitrogens with one attached hydrogen (secondary N) is 8. The molecule has 0 aliphatic heterocycles. The fourth-order valence-electron chi connectivity index (χ4n) is 10.7. The van der Waals surface area contributed by atoms with Gasteiger partial charge in [0, 0.05) is 60.0 Å². The third-order valence-electron chi connectivity index (χ3n) is 16.0. The van der Waals surface area contributed by atoms with Gasteiger partial charge in [0.25, 0.3) is 0 Å². The Kier molecular flexibility index (Phi) is 33.5.